The first-order valence-electron chi connectivity index (χ1n) is 27.1. The summed E-state index contributed by atoms with van der Waals surface area (Å²) in [5.41, 5.74) is -1.04. The van der Waals surface area contributed by atoms with Gasteiger partial charge in [0, 0.05) is 0 Å². The van der Waals surface area contributed by atoms with Gasteiger partial charge in [-0.3, -0.25) is 4.79 Å². The third kappa shape index (κ3) is 9.27. The fraction of sp³-hybridized carbons (Fsp3) is 0.943. The molecule has 0 spiro atoms. The summed E-state index contributed by atoms with van der Waals surface area (Å²) in [6.07, 6.45) is -20.1. The van der Waals surface area contributed by atoms with E-state index in [4.69, 9.17) is 37.9 Å². The largest absolute Gasteiger partial charge is 0.432 e. The number of fused-ring (bicyclic) bond motifs is 7. The molecule has 0 aromatic rings. The van der Waals surface area contributed by atoms with Gasteiger partial charge in [-0.2, -0.15) is 0 Å². The minimum Gasteiger partial charge on any atom is -0.432 e. The zero-order chi connectivity index (χ0) is 54.0. The Morgan fingerprint density at radius 2 is 1.26 bits per heavy atom. The molecule has 9 aliphatic rings. The quantitative estimate of drug-likeness (QED) is 0.0755. The number of rotatable bonds is 10. The van der Waals surface area contributed by atoms with E-state index >= 15 is 4.79 Å². The summed E-state index contributed by atoms with van der Waals surface area (Å²) < 4.78 is 48.0. The van der Waals surface area contributed by atoms with Gasteiger partial charge in [-0.1, -0.05) is 60.1 Å². The summed E-state index contributed by atoms with van der Waals surface area (Å²) in [7, 11) is 0. The number of aliphatic hydroxyl groups is 12. The molecule has 4 heterocycles. The van der Waals surface area contributed by atoms with E-state index in [0.717, 1.165) is 25.7 Å². The SMILES string of the molecule is C[C@@H]1O[C@@H](O[C@H]2[C@H](OC(=O)[C@]34CCC(C)(C)C[C@H]3C3=CC[C@@H]5[C@@]6(C)CC[C@H](O[C@@H]7O[C@H](CO)[C@@H](O)[C@H](O)[C@H]7O)C(C)(C)[C@@H]6CC[C@@]5(C)[C@]3(C)CC4)O[C@H](CO[C@@H]3OC[C@@H](O)[C@H](O)[C@H]3O)[C@@H](O)[C@@H]2O)[C@H](O)[C@H](O)[C@H]1O. The molecule has 0 bridgehead atoms. The normalized spacial score (nSPS) is 54.1. The molecule has 424 valence electrons. The molecule has 0 aromatic heterocycles. The smallest absolute Gasteiger partial charge is 0.315 e. The van der Waals surface area contributed by atoms with Crippen LogP contribution >= 0.6 is 0 Å². The molecule has 0 radical (unpaired) electrons. The summed E-state index contributed by atoms with van der Waals surface area (Å²) in [5, 5.41) is 128. The average Bonchev–Trinajstić information content (AvgIpc) is 3.34. The van der Waals surface area contributed by atoms with E-state index in [2.05, 4.69) is 54.5 Å². The van der Waals surface area contributed by atoms with Gasteiger partial charge in [0.2, 0.25) is 6.29 Å². The molecule has 5 aliphatic carbocycles. The van der Waals surface area contributed by atoms with E-state index in [1.54, 1.807) is 0 Å². The van der Waals surface area contributed by atoms with Crippen molar-refractivity contribution in [1.29, 1.82) is 0 Å². The molecule has 4 saturated carbocycles. The van der Waals surface area contributed by atoms with Crippen LogP contribution in [0.2, 0.25) is 0 Å². The van der Waals surface area contributed by atoms with Crippen LogP contribution in [-0.2, 0) is 42.7 Å². The molecule has 9 rings (SSSR count). The van der Waals surface area contributed by atoms with Crippen LogP contribution in [0, 0.1) is 50.2 Å². The molecular formula is C53H86O21. The highest BCUT2D eigenvalue weighted by Crippen LogP contribution is 2.76. The molecule has 21 nitrogen and oxygen atoms in total. The summed E-state index contributed by atoms with van der Waals surface area (Å²) in [4.78, 5) is 15.5. The van der Waals surface area contributed by atoms with Crippen LogP contribution in [0.25, 0.3) is 0 Å². The molecule has 4 aliphatic heterocycles. The van der Waals surface area contributed by atoms with Crippen LogP contribution in [0.1, 0.15) is 120 Å². The zero-order valence-corrected chi connectivity index (χ0v) is 44.1. The van der Waals surface area contributed by atoms with E-state index in [-0.39, 0.29) is 52.1 Å². The number of carbonyl (C=O) groups is 1. The average molecular weight is 1060 g/mol. The highest BCUT2D eigenvalue weighted by molar-refractivity contribution is 5.79. The Labute approximate surface area is 433 Å². The van der Waals surface area contributed by atoms with E-state index in [1.807, 2.05) is 0 Å². The second kappa shape index (κ2) is 20.5. The van der Waals surface area contributed by atoms with Crippen molar-refractivity contribution >= 4 is 5.97 Å². The third-order valence-corrected chi connectivity index (χ3v) is 21.0. The Bertz CT molecular complexity index is 2040. The first-order chi connectivity index (χ1) is 34.6. The maximum absolute atomic E-state index is 15.5. The molecule has 4 saturated heterocycles. The molecule has 8 fully saturated rings. The van der Waals surface area contributed by atoms with Crippen molar-refractivity contribution in [3.8, 4) is 0 Å². The van der Waals surface area contributed by atoms with E-state index in [0.29, 0.717) is 38.5 Å². The lowest BCUT2D eigenvalue weighted by Gasteiger charge is -2.71. The van der Waals surface area contributed by atoms with Crippen LogP contribution in [0.5, 0.6) is 0 Å². The van der Waals surface area contributed by atoms with Crippen LogP contribution in [-0.4, -0.2) is 210 Å². The van der Waals surface area contributed by atoms with Gasteiger partial charge >= 0.3 is 5.97 Å². The van der Waals surface area contributed by atoms with Gasteiger partial charge in [0.25, 0.3) is 0 Å². The van der Waals surface area contributed by atoms with Gasteiger partial charge in [-0.25, -0.2) is 0 Å². The fourth-order valence-electron chi connectivity index (χ4n) is 16.1. The predicted molar refractivity (Wildman–Crippen MR) is 255 cm³/mol. The zero-order valence-electron chi connectivity index (χ0n) is 44.1. The molecule has 21 heteroatoms. The number of aliphatic hydroxyl groups excluding tert-OH is 12. The third-order valence-electron chi connectivity index (χ3n) is 21.0. The Morgan fingerprint density at radius 3 is 1.95 bits per heavy atom. The van der Waals surface area contributed by atoms with Gasteiger partial charge in [0.15, 0.2) is 25.0 Å². The maximum atomic E-state index is 15.5. The lowest BCUT2D eigenvalue weighted by Crippen LogP contribution is -2.66. The van der Waals surface area contributed by atoms with Crippen molar-refractivity contribution in [1.82, 2.24) is 0 Å². The minimum atomic E-state index is -1.88. The minimum absolute atomic E-state index is 0.140. The Morgan fingerprint density at radius 1 is 0.635 bits per heavy atom. The predicted octanol–water partition coefficient (Wildman–Crippen LogP) is -0.369. The van der Waals surface area contributed by atoms with E-state index in [9.17, 15) is 61.3 Å². The Kier molecular flexibility index (Phi) is 15.8. The molecular weight excluding hydrogens is 973 g/mol. The van der Waals surface area contributed by atoms with E-state index in [1.165, 1.54) is 12.5 Å². The number of esters is 1. The van der Waals surface area contributed by atoms with Gasteiger partial charge < -0.3 is 99.2 Å². The highest BCUT2D eigenvalue weighted by Gasteiger charge is 2.70. The summed E-state index contributed by atoms with van der Waals surface area (Å²) in [6, 6.07) is 0. The van der Waals surface area contributed by atoms with Crippen LogP contribution in [0.4, 0.5) is 0 Å². The van der Waals surface area contributed by atoms with Gasteiger partial charge in [-0.05, 0) is 116 Å². The van der Waals surface area contributed by atoms with Crippen molar-refractivity contribution < 1.29 is 104 Å². The van der Waals surface area contributed by atoms with Crippen molar-refractivity contribution in [2.45, 2.75) is 242 Å². The second-order valence-corrected chi connectivity index (χ2v) is 25.8. The maximum Gasteiger partial charge on any atom is 0.315 e. The van der Waals surface area contributed by atoms with Crippen molar-refractivity contribution in [3.63, 3.8) is 0 Å². The molecule has 74 heavy (non-hydrogen) atoms. The highest BCUT2D eigenvalue weighted by atomic mass is 16.8. The summed E-state index contributed by atoms with van der Waals surface area (Å²) in [6.45, 7) is 16.0. The number of hydrogen-bond donors (Lipinski definition) is 12. The molecule has 12 N–H and O–H groups in total. The van der Waals surface area contributed by atoms with Gasteiger partial charge in [0.1, 0.15) is 79.4 Å². The van der Waals surface area contributed by atoms with E-state index < -0.39 is 147 Å². The first-order valence-corrected chi connectivity index (χ1v) is 27.1. The lowest BCUT2D eigenvalue weighted by atomic mass is 9.33. The van der Waals surface area contributed by atoms with Crippen molar-refractivity contribution in [3.05, 3.63) is 11.6 Å². The van der Waals surface area contributed by atoms with Crippen LogP contribution in [0.3, 0.4) is 0 Å². The number of carbonyl (C=O) groups excluding carboxylic acids is 1. The Hall–Kier alpha value is -1.55. The molecule has 27 atom stereocenters. The van der Waals surface area contributed by atoms with Crippen LogP contribution < -0.4 is 0 Å². The number of allylic oxidation sites excluding steroid dienone is 2. The lowest BCUT2D eigenvalue weighted by molar-refractivity contribution is -0.365. The standard InChI is InChI=1S/C53H86O21/c1-23-32(56)36(60)40(64)44(69-23)73-42-38(62)35(59)28(22-68-43-39(63)33(57)26(55)21-67-43)71-46(42)74-47(66)53-17-15-48(2,3)19-25(53)24-9-10-30-50(6)13-12-31(72-45-41(65)37(61)34(58)27(20-54)70-45)49(4,5)29(50)11-14-52(30,8)51(24,7)16-18-53/h9,23,25-46,54-65H,10-22H2,1-8H3/t23-,25-,26+,27+,28+,29-,30+,31-,32-,33-,34+,35+,36+,37-,38-,39+,40+,41+,42+,43-,44-,45-,46-,50-,51+,52+,53-/m0/s1. The topological polar surface area (TPSA) is 334 Å². The molecule has 0 aromatic carbocycles. The second-order valence-electron chi connectivity index (χ2n) is 25.8. The number of ether oxygens (including phenoxy) is 8. The van der Waals surface area contributed by atoms with Crippen molar-refractivity contribution in [2.75, 3.05) is 19.8 Å². The van der Waals surface area contributed by atoms with Gasteiger partial charge in [0.05, 0.1) is 37.4 Å². The summed E-state index contributed by atoms with van der Waals surface area (Å²) >= 11 is 0. The molecule has 0 unspecified atom stereocenters. The van der Waals surface area contributed by atoms with Crippen LogP contribution in [0.15, 0.2) is 11.6 Å². The van der Waals surface area contributed by atoms with Crippen molar-refractivity contribution in [2.24, 2.45) is 50.2 Å². The monoisotopic (exact) mass is 1060 g/mol. The molecule has 0 amide bonds. The van der Waals surface area contributed by atoms with Gasteiger partial charge in [-0.15, -0.1) is 0 Å². The number of hydrogen-bond acceptors (Lipinski definition) is 21. The Balaban J connectivity index is 0.983. The fourth-order valence-corrected chi connectivity index (χ4v) is 16.1. The summed E-state index contributed by atoms with van der Waals surface area (Å²) in [5.74, 6) is -0.404. The first kappa shape index (κ1) is 57.1.